The Labute approximate surface area is 197 Å². The largest absolute Gasteiger partial charge is 0.465 e. The van der Waals surface area contributed by atoms with Crippen LogP contribution >= 0.6 is 11.3 Å². The molecule has 1 aromatic heterocycles. The molecule has 0 bridgehead atoms. The van der Waals surface area contributed by atoms with E-state index in [9.17, 15) is 9.59 Å². The number of benzene rings is 3. The second-order valence-corrected chi connectivity index (χ2v) is 8.89. The zero-order chi connectivity index (χ0) is 23.4. The maximum absolute atomic E-state index is 13.6. The summed E-state index contributed by atoms with van der Waals surface area (Å²) in [5.74, 6) is -1.16. The summed E-state index contributed by atoms with van der Waals surface area (Å²) >= 11 is 1.42. The van der Waals surface area contributed by atoms with Crippen molar-refractivity contribution in [1.82, 2.24) is 4.57 Å². The molecule has 0 aliphatic carbocycles. The van der Waals surface area contributed by atoms with Crippen molar-refractivity contribution >= 4 is 33.4 Å². The summed E-state index contributed by atoms with van der Waals surface area (Å²) in [6.07, 6.45) is 0. The minimum absolute atomic E-state index is 0.00415. The van der Waals surface area contributed by atoms with Crippen LogP contribution in [0.1, 0.15) is 35.1 Å². The lowest BCUT2D eigenvalue weighted by molar-refractivity contribution is -0.143. The van der Waals surface area contributed by atoms with Crippen LogP contribution in [0.2, 0.25) is 0 Å². The van der Waals surface area contributed by atoms with Crippen LogP contribution in [0.5, 0.6) is 0 Å². The molecule has 0 saturated carbocycles. The van der Waals surface area contributed by atoms with Crippen LogP contribution in [0.4, 0.5) is 0 Å². The number of thiazole rings is 1. The lowest BCUT2D eigenvalue weighted by Crippen LogP contribution is -2.24. The van der Waals surface area contributed by atoms with Gasteiger partial charge in [0.05, 0.1) is 22.7 Å². The Hall–Kier alpha value is -3.51. The Morgan fingerprint density at radius 3 is 2.15 bits per heavy atom. The van der Waals surface area contributed by atoms with Gasteiger partial charge < -0.3 is 9.30 Å². The van der Waals surface area contributed by atoms with Gasteiger partial charge in [0.15, 0.2) is 4.80 Å². The summed E-state index contributed by atoms with van der Waals surface area (Å²) in [5.41, 5.74) is 4.81. The fourth-order valence-electron chi connectivity index (χ4n) is 4.01. The molecule has 0 N–H and O–H groups in total. The van der Waals surface area contributed by atoms with Gasteiger partial charge in [-0.25, -0.2) is 0 Å². The van der Waals surface area contributed by atoms with Gasteiger partial charge in [-0.15, -0.1) is 0 Å². The van der Waals surface area contributed by atoms with Crippen LogP contribution in [-0.2, 0) is 20.9 Å². The minimum atomic E-state index is -0.531. The quantitative estimate of drug-likeness (QED) is 0.376. The van der Waals surface area contributed by atoms with Crippen molar-refractivity contribution in [1.29, 1.82) is 0 Å². The van der Waals surface area contributed by atoms with Gasteiger partial charge in [-0.05, 0) is 49.1 Å². The van der Waals surface area contributed by atoms with Gasteiger partial charge >= 0.3 is 5.97 Å². The van der Waals surface area contributed by atoms with Crippen molar-refractivity contribution in [2.45, 2.75) is 33.2 Å². The molecule has 0 radical (unpaired) electrons. The van der Waals surface area contributed by atoms with Crippen molar-refractivity contribution in [2.75, 3.05) is 6.61 Å². The second kappa shape index (κ2) is 9.96. The normalized spacial score (nSPS) is 11.8. The highest BCUT2D eigenvalue weighted by atomic mass is 32.1. The van der Waals surface area contributed by atoms with Crippen molar-refractivity contribution in [2.24, 2.45) is 4.99 Å². The van der Waals surface area contributed by atoms with Gasteiger partial charge in [0.25, 0.3) is 5.91 Å². The number of rotatable bonds is 6. The molecule has 0 saturated heterocycles. The van der Waals surface area contributed by atoms with Crippen molar-refractivity contribution in [3.63, 3.8) is 0 Å². The first kappa shape index (κ1) is 22.7. The van der Waals surface area contributed by atoms with Crippen LogP contribution in [0.15, 0.2) is 77.8 Å². The molecule has 0 aliphatic heterocycles. The molecule has 6 heteroatoms. The van der Waals surface area contributed by atoms with E-state index in [1.165, 1.54) is 11.3 Å². The Bertz CT molecular complexity index is 1320. The third-order valence-corrected chi connectivity index (χ3v) is 6.66. The van der Waals surface area contributed by atoms with E-state index >= 15 is 0 Å². The molecule has 0 spiro atoms. The van der Waals surface area contributed by atoms with Gasteiger partial charge in [-0.3, -0.25) is 9.59 Å². The van der Waals surface area contributed by atoms with Gasteiger partial charge in [0.2, 0.25) is 0 Å². The Kier molecular flexibility index (Phi) is 6.84. The second-order valence-electron chi connectivity index (χ2n) is 7.91. The molecule has 5 nitrogen and oxygen atoms in total. The van der Waals surface area contributed by atoms with Crippen molar-refractivity contribution < 1.29 is 14.3 Å². The van der Waals surface area contributed by atoms with Gasteiger partial charge in [-0.1, -0.05) is 78.1 Å². The molecule has 0 aliphatic rings. The zero-order valence-corrected chi connectivity index (χ0v) is 19.8. The number of esters is 1. The zero-order valence-electron chi connectivity index (χ0n) is 18.9. The SMILES string of the molecule is CCOC(=O)Cn1c(=NC(=O)C(c2ccccc2)c2ccccc2)sc2c(C)cc(C)cc21. The molecule has 0 unspecified atom stereocenters. The van der Waals surface area contributed by atoms with E-state index in [0.29, 0.717) is 11.4 Å². The third kappa shape index (κ3) is 4.96. The van der Waals surface area contributed by atoms with Crippen molar-refractivity contribution in [3.8, 4) is 0 Å². The monoisotopic (exact) mass is 458 g/mol. The number of hydrogen-bond acceptors (Lipinski definition) is 4. The van der Waals surface area contributed by atoms with Crippen LogP contribution in [0.25, 0.3) is 10.2 Å². The smallest absolute Gasteiger partial charge is 0.326 e. The van der Waals surface area contributed by atoms with Crippen molar-refractivity contribution in [3.05, 3.63) is 99.9 Å². The minimum Gasteiger partial charge on any atom is -0.465 e. The van der Waals surface area contributed by atoms with E-state index in [1.807, 2.05) is 80.6 Å². The molecule has 0 atom stereocenters. The summed E-state index contributed by atoms with van der Waals surface area (Å²) < 4.78 is 7.99. The standard InChI is InChI=1S/C27H26N2O3S/c1-4-32-23(30)17-29-22-16-18(2)15-19(3)25(22)33-27(29)28-26(31)24(20-11-7-5-8-12-20)21-13-9-6-10-14-21/h5-16,24H,4,17H2,1-3H3. The summed E-state index contributed by atoms with van der Waals surface area (Å²) in [6.45, 7) is 6.13. The highest BCUT2D eigenvalue weighted by Gasteiger charge is 2.23. The molecule has 4 aromatic rings. The molecule has 168 valence electrons. The van der Waals surface area contributed by atoms with Crippen LogP contribution in [-0.4, -0.2) is 23.1 Å². The van der Waals surface area contributed by atoms with Crippen LogP contribution < -0.4 is 4.80 Å². The first-order valence-electron chi connectivity index (χ1n) is 10.9. The summed E-state index contributed by atoms with van der Waals surface area (Å²) in [4.78, 5) is 31.1. The fourth-order valence-corrected chi connectivity index (χ4v) is 5.10. The number of aryl methyl sites for hydroxylation is 2. The molecule has 33 heavy (non-hydrogen) atoms. The van der Waals surface area contributed by atoms with E-state index in [0.717, 1.165) is 32.5 Å². The Morgan fingerprint density at radius 2 is 1.58 bits per heavy atom. The predicted molar refractivity (Wildman–Crippen MR) is 131 cm³/mol. The number of fused-ring (bicyclic) bond motifs is 1. The molecular formula is C27H26N2O3S. The first-order chi connectivity index (χ1) is 16.0. The van der Waals surface area contributed by atoms with E-state index < -0.39 is 5.92 Å². The third-order valence-electron chi connectivity index (χ3n) is 5.43. The Morgan fingerprint density at radius 1 is 0.970 bits per heavy atom. The van der Waals surface area contributed by atoms with E-state index in [1.54, 1.807) is 11.5 Å². The highest BCUT2D eigenvalue weighted by Crippen LogP contribution is 2.27. The number of ether oxygens (including phenoxy) is 1. The van der Waals surface area contributed by atoms with Gasteiger partial charge in [0, 0.05) is 0 Å². The first-order valence-corrected chi connectivity index (χ1v) is 11.7. The molecule has 1 amide bonds. The highest BCUT2D eigenvalue weighted by molar-refractivity contribution is 7.16. The number of carbonyl (C=O) groups excluding carboxylic acids is 2. The van der Waals surface area contributed by atoms with Gasteiger partial charge in [0.1, 0.15) is 6.54 Å². The maximum atomic E-state index is 13.6. The van der Waals surface area contributed by atoms with Gasteiger partial charge in [-0.2, -0.15) is 4.99 Å². The molecule has 1 heterocycles. The number of amides is 1. The number of carbonyl (C=O) groups is 2. The molecule has 3 aromatic carbocycles. The number of hydrogen-bond donors (Lipinski definition) is 0. The molecule has 0 fully saturated rings. The summed E-state index contributed by atoms with van der Waals surface area (Å²) in [5, 5.41) is 0. The van der Waals surface area contributed by atoms with E-state index in [-0.39, 0.29) is 18.4 Å². The summed E-state index contributed by atoms with van der Waals surface area (Å²) in [7, 11) is 0. The number of nitrogens with zero attached hydrogens (tertiary/aromatic N) is 2. The predicted octanol–water partition coefficient (Wildman–Crippen LogP) is 5.14. The average molecular weight is 459 g/mol. The van der Waals surface area contributed by atoms with E-state index in [4.69, 9.17) is 4.74 Å². The van der Waals surface area contributed by atoms with Crippen LogP contribution in [0.3, 0.4) is 0 Å². The van der Waals surface area contributed by atoms with Crippen LogP contribution in [0, 0.1) is 13.8 Å². The summed E-state index contributed by atoms with van der Waals surface area (Å²) in [6, 6.07) is 23.4. The maximum Gasteiger partial charge on any atom is 0.326 e. The lowest BCUT2D eigenvalue weighted by Gasteiger charge is -2.14. The Balaban J connectivity index is 1.88. The molecular weight excluding hydrogens is 432 g/mol. The lowest BCUT2D eigenvalue weighted by atomic mass is 9.91. The topological polar surface area (TPSA) is 60.7 Å². The fraction of sp³-hybridized carbons (Fsp3) is 0.222. The van der Waals surface area contributed by atoms with E-state index in [2.05, 4.69) is 11.1 Å². The molecule has 4 rings (SSSR count). The average Bonchev–Trinajstić information content (AvgIpc) is 3.13. The number of aromatic nitrogens is 1.